The molecule has 0 aliphatic carbocycles. The van der Waals surface area contributed by atoms with Gasteiger partial charge in [-0.25, -0.2) is 4.98 Å². The average Bonchev–Trinajstić information content (AvgIpc) is 3.38. The number of hydrogen-bond donors (Lipinski definition) is 5. The second kappa shape index (κ2) is 22.9. The monoisotopic (exact) mass is 612 g/mol. The van der Waals surface area contributed by atoms with Gasteiger partial charge in [-0.1, -0.05) is 96.3 Å². The number of H-pyrrole nitrogens is 2. The predicted molar refractivity (Wildman–Crippen MR) is 170 cm³/mol. The Kier molecular flexibility index (Phi) is 20.0. The van der Waals surface area contributed by atoms with E-state index in [1.165, 1.54) is 89.8 Å². The highest BCUT2D eigenvalue weighted by Crippen LogP contribution is 2.48. The number of fused-ring (bicyclic) bond motifs is 1. The molecule has 0 saturated carbocycles. The number of unbranched alkanes of at least 4 members (excludes halogenated alkanes) is 16. The molecule has 0 aromatic carbocycles. The molecule has 2 aromatic rings. The second-order valence-electron chi connectivity index (χ2n) is 11.3. The molecule has 11 heteroatoms. The summed E-state index contributed by atoms with van der Waals surface area (Å²) in [7, 11) is -3.38. The molecule has 2 atom stereocenters. The van der Waals surface area contributed by atoms with Crippen molar-refractivity contribution < 1.29 is 23.8 Å². The average molecular weight is 613 g/mol. The van der Waals surface area contributed by atoms with Crippen LogP contribution in [0.4, 0.5) is 0 Å². The summed E-state index contributed by atoms with van der Waals surface area (Å²) in [5, 5.41) is 22.4. The highest BCUT2D eigenvalue weighted by Gasteiger charge is 2.28. The summed E-state index contributed by atoms with van der Waals surface area (Å²) in [6, 6.07) is 0. The summed E-state index contributed by atoms with van der Waals surface area (Å²) in [5.74, 6) is 0. The Bertz CT molecular complexity index is 1050. The Balaban J connectivity index is 1.45. The largest absolute Gasteiger partial charge is 0.396 e. The second-order valence-corrected chi connectivity index (χ2v) is 13.4. The first kappa shape index (κ1) is 36.6. The van der Waals surface area contributed by atoms with Crippen LogP contribution in [0.15, 0.2) is 17.3 Å². The Morgan fingerprint density at radius 2 is 1.40 bits per heavy atom. The Morgan fingerprint density at radius 3 is 1.95 bits per heavy atom. The van der Waals surface area contributed by atoms with Crippen molar-refractivity contribution in [3.05, 3.63) is 28.4 Å². The van der Waals surface area contributed by atoms with E-state index in [9.17, 15) is 14.5 Å². The lowest BCUT2D eigenvalue weighted by molar-refractivity contribution is 0.162. The number of aliphatic hydroxyl groups excluding tert-OH is 2. The van der Waals surface area contributed by atoms with E-state index in [0.717, 1.165) is 31.2 Å². The van der Waals surface area contributed by atoms with E-state index in [-0.39, 0.29) is 24.9 Å². The zero-order valence-corrected chi connectivity index (χ0v) is 26.8. The van der Waals surface area contributed by atoms with Crippen LogP contribution in [-0.4, -0.2) is 63.8 Å². The van der Waals surface area contributed by atoms with Crippen LogP contribution in [0.25, 0.3) is 11.0 Å². The molecule has 0 spiro atoms. The lowest BCUT2D eigenvalue weighted by Crippen LogP contribution is -2.29. The molecule has 0 radical (unpaired) electrons. The Hall–Kier alpha value is -1.55. The van der Waals surface area contributed by atoms with Crippen molar-refractivity contribution >= 4 is 18.6 Å². The lowest BCUT2D eigenvalue weighted by atomic mass is 10.0. The maximum atomic E-state index is 13.1. The van der Waals surface area contributed by atoms with Gasteiger partial charge in [-0.3, -0.25) is 9.36 Å². The quantitative estimate of drug-likeness (QED) is 0.0535. The molecule has 10 nitrogen and oxygen atoms in total. The predicted octanol–water partition coefficient (Wildman–Crippen LogP) is 6.57. The number of nitrogens with one attached hydrogen (secondary N) is 3. The van der Waals surface area contributed by atoms with E-state index in [1.54, 1.807) is 13.1 Å². The minimum Gasteiger partial charge on any atom is -0.396 e. The third-order valence-corrected chi connectivity index (χ3v) is 9.69. The maximum absolute atomic E-state index is 13.1. The molecule has 242 valence electrons. The van der Waals surface area contributed by atoms with Crippen LogP contribution in [-0.2, 0) is 20.2 Å². The van der Waals surface area contributed by atoms with Crippen molar-refractivity contribution in [3.63, 3.8) is 0 Å². The molecule has 0 aliphatic rings. The number of aromatic amines is 2. The molecular formula is C31H57N4O6P. The lowest BCUT2D eigenvalue weighted by Gasteiger charge is -2.21. The van der Waals surface area contributed by atoms with Gasteiger partial charge in [0.15, 0.2) is 0 Å². The van der Waals surface area contributed by atoms with E-state index in [2.05, 4.69) is 20.3 Å². The van der Waals surface area contributed by atoms with Crippen LogP contribution in [0, 0.1) is 0 Å². The maximum Gasteiger partial charge on any atom is 0.333 e. The van der Waals surface area contributed by atoms with Gasteiger partial charge in [-0.05, 0) is 19.8 Å². The zero-order valence-electron chi connectivity index (χ0n) is 25.9. The first-order chi connectivity index (χ1) is 20.5. The summed E-state index contributed by atoms with van der Waals surface area (Å²) in [5.41, 5.74) is 1.59. The molecule has 0 amide bonds. The minimum atomic E-state index is -3.38. The van der Waals surface area contributed by atoms with Gasteiger partial charge in [-0.2, -0.15) is 0 Å². The fraction of sp³-hybridized carbons (Fsp3) is 0.806. The van der Waals surface area contributed by atoms with Gasteiger partial charge in [-0.15, -0.1) is 0 Å². The number of aliphatic hydroxyl groups is 2. The first-order valence-electron chi connectivity index (χ1n) is 16.4. The fourth-order valence-electron chi connectivity index (χ4n) is 5.24. The van der Waals surface area contributed by atoms with Gasteiger partial charge >= 0.3 is 7.60 Å². The van der Waals surface area contributed by atoms with Crippen LogP contribution in [0.5, 0.6) is 0 Å². The molecule has 0 aliphatic heterocycles. The molecule has 0 fully saturated rings. The molecule has 2 heterocycles. The Labute approximate surface area is 252 Å². The first-order valence-corrected chi connectivity index (χ1v) is 18.1. The van der Waals surface area contributed by atoms with Crippen LogP contribution < -0.4 is 10.9 Å². The summed E-state index contributed by atoms with van der Waals surface area (Å²) in [4.78, 5) is 21.5. The molecule has 42 heavy (non-hydrogen) atoms. The Morgan fingerprint density at radius 1 is 0.857 bits per heavy atom. The smallest absolute Gasteiger partial charge is 0.333 e. The third kappa shape index (κ3) is 15.8. The standard InChI is InChI=1S/C31H57N4O6P/c1-2-40-42(39,25-28(37)24-32-22-27-23-33-30-29(27)34-26-35-31(30)38)41-21-19-17-15-13-11-9-7-5-3-4-6-8-10-12-14-16-18-20-36/h23,26,28,32-33,36-37H,2-22,24-25H2,1H3,(H,34,35,38)/t28-,42?/m1/s1. The molecular weight excluding hydrogens is 555 g/mol. The number of aromatic nitrogens is 3. The minimum absolute atomic E-state index is 0.0644. The summed E-state index contributed by atoms with van der Waals surface area (Å²) in [6.07, 6.45) is 23.1. The van der Waals surface area contributed by atoms with Gasteiger partial charge < -0.3 is 34.5 Å². The molecule has 2 rings (SSSR count). The van der Waals surface area contributed by atoms with Crippen LogP contribution in [0.3, 0.4) is 0 Å². The van der Waals surface area contributed by atoms with E-state index >= 15 is 0 Å². The third-order valence-electron chi connectivity index (χ3n) is 7.59. The van der Waals surface area contributed by atoms with Crippen molar-refractivity contribution in [2.45, 2.75) is 129 Å². The number of hydrogen-bond acceptors (Lipinski definition) is 8. The molecule has 2 aromatic heterocycles. The van der Waals surface area contributed by atoms with Gasteiger partial charge in [0.05, 0.1) is 37.3 Å². The number of nitrogens with zero attached hydrogens (tertiary/aromatic N) is 1. The van der Waals surface area contributed by atoms with Gasteiger partial charge in [0.25, 0.3) is 5.56 Å². The normalized spacial score (nSPS) is 14.0. The van der Waals surface area contributed by atoms with Gasteiger partial charge in [0.2, 0.25) is 0 Å². The van der Waals surface area contributed by atoms with E-state index in [1.807, 2.05) is 0 Å². The summed E-state index contributed by atoms with van der Waals surface area (Å²) < 4.78 is 24.2. The summed E-state index contributed by atoms with van der Waals surface area (Å²) in [6.45, 7) is 3.36. The van der Waals surface area contributed by atoms with Crippen molar-refractivity contribution in [2.75, 3.05) is 32.5 Å². The summed E-state index contributed by atoms with van der Waals surface area (Å²) >= 11 is 0. The molecule has 0 bridgehead atoms. The van der Waals surface area contributed by atoms with Crippen molar-refractivity contribution in [3.8, 4) is 0 Å². The van der Waals surface area contributed by atoms with Crippen molar-refractivity contribution in [2.24, 2.45) is 0 Å². The van der Waals surface area contributed by atoms with Crippen molar-refractivity contribution in [1.29, 1.82) is 0 Å². The zero-order chi connectivity index (χ0) is 30.3. The van der Waals surface area contributed by atoms with Crippen LogP contribution in [0.1, 0.15) is 122 Å². The van der Waals surface area contributed by atoms with E-state index < -0.39 is 13.7 Å². The van der Waals surface area contributed by atoms with Crippen LogP contribution in [0.2, 0.25) is 0 Å². The highest BCUT2D eigenvalue weighted by atomic mass is 31.2. The SMILES string of the molecule is CCOP(=O)(C[C@H](O)CNCc1c[nH]c2c(=O)[nH]cnc12)OCCCCCCCCCCCCCCCCCCCO. The highest BCUT2D eigenvalue weighted by molar-refractivity contribution is 7.53. The van der Waals surface area contributed by atoms with Crippen molar-refractivity contribution in [1.82, 2.24) is 20.3 Å². The fourth-order valence-corrected chi connectivity index (χ4v) is 6.98. The topological polar surface area (TPSA) is 150 Å². The van der Waals surface area contributed by atoms with Crippen LogP contribution >= 0.6 is 7.60 Å². The molecule has 5 N–H and O–H groups in total. The molecule has 1 unspecified atom stereocenters. The van der Waals surface area contributed by atoms with E-state index in [0.29, 0.717) is 30.8 Å². The number of rotatable bonds is 28. The van der Waals surface area contributed by atoms with Gasteiger partial charge in [0, 0.05) is 31.5 Å². The molecule has 0 saturated heterocycles. The van der Waals surface area contributed by atoms with Gasteiger partial charge in [0.1, 0.15) is 5.52 Å². The van der Waals surface area contributed by atoms with E-state index in [4.69, 9.17) is 14.2 Å².